The summed E-state index contributed by atoms with van der Waals surface area (Å²) in [5, 5.41) is 11.5. The number of nitrogens with zero attached hydrogens (tertiary/aromatic N) is 2. The Balaban J connectivity index is 1.70. The molecule has 1 aromatic heterocycles. The van der Waals surface area contributed by atoms with Gasteiger partial charge in [0.2, 0.25) is 0 Å². The highest BCUT2D eigenvalue weighted by Crippen LogP contribution is 2.44. The highest BCUT2D eigenvalue weighted by atomic mass is 32.1. The van der Waals surface area contributed by atoms with E-state index in [9.17, 15) is 19.1 Å². The largest absolute Gasteiger partial charge is 0.507 e. The zero-order valence-corrected chi connectivity index (χ0v) is 20.7. The summed E-state index contributed by atoms with van der Waals surface area (Å²) < 4.78 is 19.5. The second-order valence-corrected chi connectivity index (χ2v) is 9.84. The minimum absolute atomic E-state index is 0.0344. The molecule has 0 radical (unpaired) electrons. The zero-order chi connectivity index (χ0) is 25.6. The number of ether oxygens (including phenoxy) is 1. The lowest BCUT2D eigenvalue weighted by Crippen LogP contribution is -2.29. The number of aromatic nitrogens is 1. The van der Waals surface area contributed by atoms with Gasteiger partial charge in [0.1, 0.15) is 17.3 Å². The van der Waals surface area contributed by atoms with E-state index in [1.165, 1.54) is 30.2 Å². The Morgan fingerprint density at radius 3 is 2.39 bits per heavy atom. The van der Waals surface area contributed by atoms with Crippen molar-refractivity contribution < 1.29 is 23.8 Å². The smallest absolute Gasteiger partial charge is 0.301 e. The SMILES string of the molecule is COc1ccc(/C(O)=C2\C(=O)C(=O)N(c3nc4ccc(F)cc4s3)[C@H]2c2ccc(C(C)C)cc2)cc1. The monoisotopic (exact) mass is 502 g/mol. The minimum Gasteiger partial charge on any atom is -0.507 e. The number of fused-ring (bicyclic) bond motifs is 1. The topological polar surface area (TPSA) is 79.7 Å². The molecule has 182 valence electrons. The van der Waals surface area contributed by atoms with Crippen LogP contribution in [0.25, 0.3) is 16.0 Å². The first kappa shape index (κ1) is 23.7. The number of anilines is 1. The molecular weight excluding hydrogens is 479 g/mol. The number of carbonyl (C=O) groups is 2. The van der Waals surface area contributed by atoms with Crippen LogP contribution in [0.15, 0.2) is 72.3 Å². The Morgan fingerprint density at radius 1 is 1.06 bits per heavy atom. The van der Waals surface area contributed by atoms with Crippen molar-refractivity contribution in [1.82, 2.24) is 4.98 Å². The van der Waals surface area contributed by atoms with E-state index in [1.807, 2.05) is 24.3 Å². The summed E-state index contributed by atoms with van der Waals surface area (Å²) in [6.45, 7) is 4.15. The third-order valence-corrected chi connectivity index (χ3v) is 7.29. The second-order valence-electron chi connectivity index (χ2n) is 8.83. The summed E-state index contributed by atoms with van der Waals surface area (Å²) in [5.41, 5.74) is 2.61. The van der Waals surface area contributed by atoms with Gasteiger partial charge < -0.3 is 9.84 Å². The Morgan fingerprint density at radius 2 is 1.75 bits per heavy atom. The molecule has 0 saturated carbocycles. The van der Waals surface area contributed by atoms with Gasteiger partial charge in [0.25, 0.3) is 5.78 Å². The number of halogens is 1. The molecule has 3 aromatic carbocycles. The van der Waals surface area contributed by atoms with Crippen LogP contribution in [0.3, 0.4) is 0 Å². The van der Waals surface area contributed by atoms with E-state index in [4.69, 9.17) is 4.74 Å². The molecule has 1 aliphatic heterocycles. The molecule has 0 bridgehead atoms. The van der Waals surface area contributed by atoms with Crippen molar-refractivity contribution in [3.8, 4) is 5.75 Å². The van der Waals surface area contributed by atoms with Crippen LogP contribution in [0.2, 0.25) is 0 Å². The van der Waals surface area contributed by atoms with Gasteiger partial charge in [-0.15, -0.1) is 0 Å². The van der Waals surface area contributed by atoms with E-state index in [1.54, 1.807) is 24.3 Å². The highest BCUT2D eigenvalue weighted by molar-refractivity contribution is 7.22. The summed E-state index contributed by atoms with van der Waals surface area (Å²) in [6.07, 6.45) is 0. The average Bonchev–Trinajstić information content (AvgIpc) is 3.41. The number of hydrogen-bond acceptors (Lipinski definition) is 6. The number of Topliss-reactive ketones (excluding diaryl/α,β-unsaturated/α-hetero) is 1. The minimum atomic E-state index is -0.904. The average molecular weight is 503 g/mol. The van der Waals surface area contributed by atoms with E-state index in [2.05, 4.69) is 18.8 Å². The first-order valence-corrected chi connectivity index (χ1v) is 12.2. The van der Waals surface area contributed by atoms with Crippen LogP contribution in [-0.4, -0.2) is 28.9 Å². The van der Waals surface area contributed by atoms with Crippen LogP contribution in [0, 0.1) is 5.82 Å². The molecule has 0 unspecified atom stereocenters. The summed E-state index contributed by atoms with van der Waals surface area (Å²) in [7, 11) is 1.53. The maximum absolute atomic E-state index is 13.8. The molecule has 1 N–H and O–H groups in total. The van der Waals surface area contributed by atoms with E-state index in [0.29, 0.717) is 33.0 Å². The molecule has 0 spiro atoms. The number of aliphatic hydroxyl groups is 1. The van der Waals surface area contributed by atoms with Gasteiger partial charge in [-0.25, -0.2) is 9.37 Å². The molecule has 1 fully saturated rings. The molecule has 36 heavy (non-hydrogen) atoms. The highest BCUT2D eigenvalue weighted by Gasteiger charge is 2.48. The third kappa shape index (κ3) is 4.03. The van der Waals surface area contributed by atoms with Gasteiger partial charge in [-0.3, -0.25) is 14.5 Å². The molecular formula is C28H23FN2O4S. The number of hydrogen-bond donors (Lipinski definition) is 1. The predicted molar refractivity (Wildman–Crippen MR) is 138 cm³/mol. The molecule has 4 aromatic rings. The first-order chi connectivity index (χ1) is 17.3. The number of thiazole rings is 1. The quantitative estimate of drug-likeness (QED) is 0.200. The number of rotatable bonds is 5. The van der Waals surface area contributed by atoms with Gasteiger partial charge in [0.05, 0.1) is 28.9 Å². The second kappa shape index (κ2) is 9.20. The molecule has 2 heterocycles. The number of aliphatic hydroxyl groups excluding tert-OH is 1. The molecule has 1 amide bonds. The summed E-state index contributed by atoms with van der Waals surface area (Å²) in [4.78, 5) is 32.5. The Bertz CT molecular complexity index is 1510. The van der Waals surface area contributed by atoms with Crippen molar-refractivity contribution in [3.05, 3.63) is 94.8 Å². The number of amides is 1. The fourth-order valence-electron chi connectivity index (χ4n) is 4.30. The molecule has 5 rings (SSSR count). The van der Waals surface area contributed by atoms with E-state index < -0.39 is 23.5 Å². The molecule has 1 aliphatic rings. The van der Waals surface area contributed by atoms with Gasteiger partial charge >= 0.3 is 5.91 Å². The summed E-state index contributed by atoms with van der Waals surface area (Å²) in [5.74, 6) is -1.43. The van der Waals surface area contributed by atoms with Crippen molar-refractivity contribution in [2.45, 2.75) is 25.8 Å². The molecule has 8 heteroatoms. The number of benzene rings is 3. The number of ketones is 1. The fraction of sp³-hybridized carbons (Fsp3) is 0.179. The van der Waals surface area contributed by atoms with Crippen molar-refractivity contribution in [2.24, 2.45) is 0 Å². The number of carbonyl (C=O) groups excluding carboxylic acids is 2. The fourth-order valence-corrected chi connectivity index (χ4v) is 5.32. The first-order valence-electron chi connectivity index (χ1n) is 11.4. The Hall–Kier alpha value is -4.04. The van der Waals surface area contributed by atoms with Crippen molar-refractivity contribution in [1.29, 1.82) is 0 Å². The van der Waals surface area contributed by atoms with Gasteiger partial charge in [-0.1, -0.05) is 49.4 Å². The molecule has 0 aliphatic carbocycles. The van der Waals surface area contributed by atoms with E-state index in [-0.39, 0.29) is 16.5 Å². The lowest BCUT2D eigenvalue weighted by atomic mass is 9.93. The van der Waals surface area contributed by atoms with Crippen LogP contribution in [-0.2, 0) is 9.59 Å². The standard InChI is InChI=1S/C28H23FN2O4S/c1-15(2)16-4-6-17(7-5-16)24-23(25(32)18-8-11-20(35-3)12-9-18)26(33)27(34)31(24)28-30-21-13-10-19(29)14-22(21)36-28/h4-15,24,32H,1-3H3/b25-23+/t24-/m0/s1. The Labute approximate surface area is 211 Å². The van der Waals surface area contributed by atoms with E-state index in [0.717, 1.165) is 16.9 Å². The van der Waals surface area contributed by atoms with Crippen molar-refractivity contribution in [3.63, 3.8) is 0 Å². The molecule has 1 saturated heterocycles. The van der Waals surface area contributed by atoms with Crippen LogP contribution in [0.4, 0.5) is 9.52 Å². The normalized spacial score (nSPS) is 17.4. The van der Waals surface area contributed by atoms with Gasteiger partial charge in [0.15, 0.2) is 5.13 Å². The molecule has 6 nitrogen and oxygen atoms in total. The Kier molecular flexibility index (Phi) is 6.05. The zero-order valence-electron chi connectivity index (χ0n) is 19.9. The van der Waals surface area contributed by atoms with Crippen LogP contribution in [0.5, 0.6) is 5.75 Å². The lowest BCUT2D eigenvalue weighted by molar-refractivity contribution is -0.132. The lowest BCUT2D eigenvalue weighted by Gasteiger charge is -2.23. The van der Waals surface area contributed by atoms with Gasteiger partial charge in [-0.05, 0) is 59.5 Å². The number of methoxy groups -OCH3 is 1. The summed E-state index contributed by atoms with van der Waals surface area (Å²) >= 11 is 1.12. The van der Waals surface area contributed by atoms with Crippen molar-refractivity contribution in [2.75, 3.05) is 12.0 Å². The third-order valence-electron chi connectivity index (χ3n) is 6.27. The van der Waals surface area contributed by atoms with Crippen LogP contribution in [0.1, 0.15) is 42.5 Å². The van der Waals surface area contributed by atoms with Crippen molar-refractivity contribution >= 4 is 44.1 Å². The molecule has 1 atom stereocenters. The van der Waals surface area contributed by atoms with Crippen LogP contribution < -0.4 is 9.64 Å². The predicted octanol–water partition coefficient (Wildman–Crippen LogP) is 6.19. The summed E-state index contributed by atoms with van der Waals surface area (Å²) in [6, 6.07) is 17.5. The maximum Gasteiger partial charge on any atom is 0.301 e. The van der Waals surface area contributed by atoms with Gasteiger partial charge in [0, 0.05) is 5.56 Å². The maximum atomic E-state index is 13.8. The van der Waals surface area contributed by atoms with Gasteiger partial charge in [-0.2, -0.15) is 0 Å². The van der Waals surface area contributed by atoms with Crippen LogP contribution >= 0.6 is 11.3 Å². The van der Waals surface area contributed by atoms with E-state index >= 15 is 0 Å².